The first-order valence-electron chi connectivity index (χ1n) is 10.1. The van der Waals surface area contributed by atoms with Crippen molar-refractivity contribution in [2.45, 2.75) is 31.3 Å². The van der Waals surface area contributed by atoms with Gasteiger partial charge in [0, 0.05) is 18.2 Å². The van der Waals surface area contributed by atoms with E-state index in [4.69, 9.17) is 9.88 Å². The number of carbonyl (C=O) groups is 1. The molecule has 0 bridgehead atoms. The summed E-state index contributed by atoms with van der Waals surface area (Å²) in [5.74, 6) is -0.868. The van der Waals surface area contributed by atoms with Crippen molar-refractivity contribution < 1.29 is 32.3 Å². The van der Waals surface area contributed by atoms with Gasteiger partial charge in [0.05, 0.1) is 18.8 Å². The summed E-state index contributed by atoms with van der Waals surface area (Å²) in [5.41, 5.74) is 1.26. The number of aromatic nitrogens is 3. The minimum absolute atomic E-state index is 0.0547. The van der Waals surface area contributed by atoms with Crippen LogP contribution in [0.2, 0.25) is 0 Å². The largest absolute Gasteiger partial charge is 0.456 e. The highest BCUT2D eigenvalue weighted by atomic mass is 32.2. The lowest BCUT2D eigenvalue weighted by Crippen LogP contribution is -2.36. The Morgan fingerprint density at radius 3 is 2.70 bits per heavy atom. The van der Waals surface area contributed by atoms with E-state index in [2.05, 4.69) is 19.6 Å². The summed E-state index contributed by atoms with van der Waals surface area (Å²) in [5, 5.41) is 32.8. The first-order chi connectivity index (χ1) is 15.7. The standard InChI is InChI=1S/C20H23N5O7S/c21-33(29,30)32-11-13-8-14(19(27)18(13)26)23-16-6-7-22-17-9-15(24-25(16)17)20(28)31-10-12-4-2-1-3-5-12/h1-7,9,13-14,18-19,23,26-27H,8,10-11H2,(H2,21,29,30)/t13-,14-,18-,19+/m1/s1. The summed E-state index contributed by atoms with van der Waals surface area (Å²) in [6.45, 7) is -0.264. The highest BCUT2D eigenvalue weighted by Crippen LogP contribution is 2.30. The minimum atomic E-state index is -4.17. The topological polar surface area (TPSA) is 178 Å². The second-order valence-electron chi connectivity index (χ2n) is 7.70. The van der Waals surface area contributed by atoms with E-state index in [1.807, 2.05) is 30.3 Å². The molecule has 0 radical (unpaired) electrons. The predicted molar refractivity (Wildman–Crippen MR) is 115 cm³/mol. The van der Waals surface area contributed by atoms with Gasteiger partial charge in [-0.1, -0.05) is 30.3 Å². The summed E-state index contributed by atoms with van der Waals surface area (Å²) < 4.78 is 33.3. The number of nitrogens with one attached hydrogen (secondary N) is 1. The summed E-state index contributed by atoms with van der Waals surface area (Å²) >= 11 is 0. The Morgan fingerprint density at radius 2 is 1.97 bits per heavy atom. The molecule has 2 aromatic heterocycles. The Hall–Kier alpha value is -3.10. The summed E-state index contributed by atoms with van der Waals surface area (Å²) in [6.07, 6.45) is -0.719. The number of esters is 1. The van der Waals surface area contributed by atoms with Crippen molar-refractivity contribution in [1.29, 1.82) is 0 Å². The molecule has 0 aliphatic heterocycles. The van der Waals surface area contributed by atoms with Crippen LogP contribution in [0.1, 0.15) is 22.5 Å². The molecule has 0 saturated heterocycles. The van der Waals surface area contributed by atoms with E-state index in [1.165, 1.54) is 16.8 Å². The molecule has 5 N–H and O–H groups in total. The molecule has 3 aromatic rings. The SMILES string of the molecule is NS(=O)(=O)OC[C@H]1C[C@@H](Nc2ccnc3cc(C(=O)OCc4ccccc4)nn23)[C@H](O)[C@@H]1O. The molecule has 1 aromatic carbocycles. The van der Waals surface area contributed by atoms with Crippen LogP contribution in [-0.4, -0.2) is 64.1 Å². The van der Waals surface area contributed by atoms with E-state index in [-0.39, 0.29) is 25.3 Å². The van der Waals surface area contributed by atoms with Gasteiger partial charge in [0.25, 0.3) is 0 Å². The van der Waals surface area contributed by atoms with E-state index < -0.39 is 40.4 Å². The summed E-state index contributed by atoms with van der Waals surface area (Å²) in [7, 11) is -4.17. The fraction of sp³-hybridized carbons (Fsp3) is 0.350. The monoisotopic (exact) mass is 477 g/mol. The third-order valence-electron chi connectivity index (χ3n) is 5.36. The number of hydrogen-bond acceptors (Lipinski definition) is 10. The maximum absolute atomic E-state index is 12.4. The van der Waals surface area contributed by atoms with Crippen LogP contribution in [0.25, 0.3) is 5.65 Å². The summed E-state index contributed by atoms with van der Waals surface area (Å²) in [6, 6.07) is 11.6. The zero-order chi connectivity index (χ0) is 23.6. The van der Waals surface area contributed by atoms with E-state index >= 15 is 0 Å². The van der Waals surface area contributed by atoms with Gasteiger partial charge in [0.15, 0.2) is 11.3 Å². The second kappa shape index (κ2) is 9.41. The summed E-state index contributed by atoms with van der Waals surface area (Å²) in [4.78, 5) is 16.6. The van der Waals surface area contributed by atoms with Crippen molar-refractivity contribution in [2.75, 3.05) is 11.9 Å². The first-order valence-corrected chi connectivity index (χ1v) is 11.5. The van der Waals surface area contributed by atoms with Gasteiger partial charge in [0.1, 0.15) is 18.5 Å². The van der Waals surface area contributed by atoms with Crippen molar-refractivity contribution in [2.24, 2.45) is 11.1 Å². The number of carbonyl (C=O) groups excluding carboxylic acids is 1. The number of aliphatic hydroxyl groups excluding tert-OH is 2. The molecule has 2 heterocycles. The molecule has 0 amide bonds. The van der Waals surface area contributed by atoms with Crippen LogP contribution >= 0.6 is 0 Å². The lowest BCUT2D eigenvalue weighted by Gasteiger charge is -2.19. The predicted octanol–water partition coefficient (Wildman–Crippen LogP) is -0.171. The molecule has 0 unspecified atom stereocenters. The normalized spacial score (nSPS) is 23.0. The van der Waals surface area contributed by atoms with Gasteiger partial charge < -0.3 is 20.3 Å². The van der Waals surface area contributed by atoms with Crippen LogP contribution < -0.4 is 10.5 Å². The zero-order valence-corrected chi connectivity index (χ0v) is 18.1. The van der Waals surface area contributed by atoms with Crippen LogP contribution in [0.4, 0.5) is 5.82 Å². The van der Waals surface area contributed by atoms with Crippen molar-refractivity contribution in [3.05, 3.63) is 59.9 Å². The van der Waals surface area contributed by atoms with Crippen LogP contribution in [0, 0.1) is 5.92 Å². The number of aliphatic hydroxyl groups is 2. The molecule has 1 fully saturated rings. The van der Waals surface area contributed by atoms with Gasteiger partial charge in [0.2, 0.25) is 0 Å². The molecule has 33 heavy (non-hydrogen) atoms. The highest BCUT2D eigenvalue weighted by Gasteiger charge is 2.42. The van der Waals surface area contributed by atoms with Crippen LogP contribution in [0.15, 0.2) is 48.7 Å². The Kier molecular flexibility index (Phi) is 6.58. The third-order valence-corrected chi connectivity index (χ3v) is 5.83. The number of ether oxygens (including phenoxy) is 1. The van der Waals surface area contributed by atoms with Crippen molar-refractivity contribution in [1.82, 2.24) is 14.6 Å². The second-order valence-corrected chi connectivity index (χ2v) is 8.92. The number of rotatable bonds is 8. The minimum Gasteiger partial charge on any atom is -0.456 e. The van der Waals surface area contributed by atoms with Gasteiger partial charge in [-0.05, 0) is 18.1 Å². The Labute approximate surface area is 189 Å². The lowest BCUT2D eigenvalue weighted by molar-refractivity contribution is 0.00777. The molecule has 1 saturated carbocycles. The van der Waals surface area contributed by atoms with E-state index in [1.54, 1.807) is 6.07 Å². The smallest absolute Gasteiger partial charge is 0.359 e. The van der Waals surface area contributed by atoms with Gasteiger partial charge >= 0.3 is 16.3 Å². The average molecular weight is 477 g/mol. The molecule has 1 aliphatic carbocycles. The Morgan fingerprint density at radius 1 is 1.21 bits per heavy atom. The molecular weight excluding hydrogens is 454 g/mol. The molecule has 1 aliphatic rings. The molecular formula is C20H23N5O7S. The number of fused-ring (bicyclic) bond motifs is 1. The molecule has 0 spiro atoms. The van der Waals surface area contributed by atoms with Crippen molar-refractivity contribution in [3.8, 4) is 0 Å². The van der Waals surface area contributed by atoms with Gasteiger partial charge in [-0.3, -0.25) is 4.18 Å². The third kappa shape index (κ3) is 5.46. The zero-order valence-electron chi connectivity index (χ0n) is 17.3. The Balaban J connectivity index is 1.46. The number of benzene rings is 1. The Bertz CT molecular complexity index is 1230. The fourth-order valence-corrected chi connectivity index (χ4v) is 4.07. The van der Waals surface area contributed by atoms with E-state index in [9.17, 15) is 23.4 Å². The lowest BCUT2D eigenvalue weighted by atomic mass is 10.1. The average Bonchev–Trinajstić information content (AvgIpc) is 3.34. The van der Waals surface area contributed by atoms with Crippen LogP contribution in [0.5, 0.6) is 0 Å². The molecule has 4 rings (SSSR count). The van der Waals surface area contributed by atoms with Crippen LogP contribution in [0.3, 0.4) is 0 Å². The maximum Gasteiger partial charge on any atom is 0.359 e. The van der Waals surface area contributed by atoms with Crippen molar-refractivity contribution >= 4 is 27.7 Å². The number of anilines is 1. The highest BCUT2D eigenvalue weighted by molar-refractivity contribution is 7.84. The number of nitrogens with two attached hydrogens (primary N) is 1. The van der Waals surface area contributed by atoms with Gasteiger partial charge in [-0.25, -0.2) is 14.9 Å². The van der Waals surface area contributed by atoms with E-state index in [0.29, 0.717) is 11.5 Å². The van der Waals surface area contributed by atoms with Crippen LogP contribution in [-0.2, 0) is 25.8 Å². The molecule has 12 nitrogen and oxygen atoms in total. The number of nitrogens with zero attached hydrogens (tertiary/aromatic N) is 3. The quantitative estimate of drug-likeness (QED) is 0.318. The first kappa shape index (κ1) is 23.1. The fourth-order valence-electron chi connectivity index (χ4n) is 3.71. The van der Waals surface area contributed by atoms with Gasteiger partial charge in [-0.2, -0.15) is 18.0 Å². The van der Waals surface area contributed by atoms with E-state index in [0.717, 1.165) is 5.56 Å². The molecule has 176 valence electrons. The maximum atomic E-state index is 12.4. The molecule has 4 atom stereocenters. The number of hydrogen-bond donors (Lipinski definition) is 4. The van der Waals surface area contributed by atoms with Gasteiger partial charge in [-0.15, -0.1) is 0 Å². The molecule has 13 heteroatoms. The van der Waals surface area contributed by atoms with Crippen molar-refractivity contribution in [3.63, 3.8) is 0 Å².